The van der Waals surface area contributed by atoms with Gasteiger partial charge in [-0.25, -0.2) is 9.89 Å². The average molecular weight is 339 g/mol. The predicted molar refractivity (Wildman–Crippen MR) is 83.4 cm³/mol. The Balaban J connectivity index is 1.51. The molecule has 2 aliphatic rings. The van der Waals surface area contributed by atoms with Crippen LogP contribution in [0.1, 0.15) is 38.4 Å². The summed E-state index contributed by atoms with van der Waals surface area (Å²) in [4.78, 5) is 53.4. The monoisotopic (exact) mass is 339 g/mol. The average Bonchev–Trinajstić information content (AvgIpc) is 2.86. The van der Waals surface area contributed by atoms with Gasteiger partial charge in [-0.3, -0.25) is 14.4 Å². The number of hydrogen-bond donors (Lipinski definition) is 1. The number of H-pyrrole nitrogens is 1. The van der Waals surface area contributed by atoms with E-state index in [9.17, 15) is 19.2 Å². The molecule has 8 nitrogen and oxygen atoms in total. The Hall–Kier alpha value is -3.29. The van der Waals surface area contributed by atoms with Crippen LogP contribution in [0.5, 0.6) is 0 Å². The minimum absolute atomic E-state index is 0.213. The fraction of sp³-hybridized carbons (Fsp3) is 0.235. The van der Waals surface area contributed by atoms with Gasteiger partial charge in [-0.15, -0.1) is 0 Å². The molecule has 1 aliphatic heterocycles. The normalized spacial score (nSPS) is 18.7. The number of benzene rings is 1. The smallest absolute Gasteiger partial charge is 0.329 e. The Kier molecular flexibility index (Phi) is 3.45. The molecule has 0 bridgehead atoms. The van der Waals surface area contributed by atoms with Crippen molar-refractivity contribution in [2.75, 3.05) is 0 Å². The molecule has 4 rings (SSSR count). The molecule has 1 unspecified atom stereocenters. The van der Waals surface area contributed by atoms with Crippen LogP contribution in [0.3, 0.4) is 0 Å². The third-order valence-corrected chi connectivity index (χ3v) is 4.44. The molecule has 0 saturated carbocycles. The molecule has 1 atom stereocenters. The second-order valence-corrected chi connectivity index (χ2v) is 6.00. The van der Waals surface area contributed by atoms with E-state index in [0.29, 0.717) is 23.5 Å². The van der Waals surface area contributed by atoms with Crippen LogP contribution in [-0.2, 0) is 22.5 Å². The Morgan fingerprint density at radius 1 is 1.16 bits per heavy atom. The molecular formula is C17H13N3O5. The number of nitrogens with zero attached hydrogens (tertiary/aromatic N) is 2. The van der Waals surface area contributed by atoms with Gasteiger partial charge in [0.05, 0.1) is 22.7 Å². The standard InChI is InChI=1S/C17H13N3O5/c21-14-8-10-7-9(5-6-13(10)18-19-14)17(24)25-20-15(22)11-3-1-2-4-12(11)16(20)23/h1-4,8-9H,5-7H2,(H,19,21). The summed E-state index contributed by atoms with van der Waals surface area (Å²) in [5.41, 5.74) is 1.51. The summed E-state index contributed by atoms with van der Waals surface area (Å²) in [5.74, 6) is -2.51. The van der Waals surface area contributed by atoms with Gasteiger partial charge < -0.3 is 4.84 Å². The van der Waals surface area contributed by atoms with Gasteiger partial charge in [0, 0.05) is 6.07 Å². The van der Waals surface area contributed by atoms with Gasteiger partial charge in [0.2, 0.25) is 0 Å². The zero-order valence-electron chi connectivity index (χ0n) is 13.0. The molecule has 8 heteroatoms. The lowest BCUT2D eigenvalue weighted by Gasteiger charge is -2.23. The summed E-state index contributed by atoms with van der Waals surface area (Å²) >= 11 is 0. The van der Waals surface area contributed by atoms with Crippen LogP contribution in [0.4, 0.5) is 0 Å². The van der Waals surface area contributed by atoms with Crippen molar-refractivity contribution in [1.29, 1.82) is 0 Å². The summed E-state index contributed by atoms with van der Waals surface area (Å²) in [7, 11) is 0. The van der Waals surface area contributed by atoms with Crippen molar-refractivity contribution in [2.45, 2.75) is 19.3 Å². The molecule has 1 aromatic heterocycles. The highest BCUT2D eigenvalue weighted by atomic mass is 16.7. The van der Waals surface area contributed by atoms with Crippen molar-refractivity contribution in [2.24, 2.45) is 5.92 Å². The highest BCUT2D eigenvalue weighted by molar-refractivity contribution is 6.20. The minimum Gasteiger partial charge on any atom is -0.329 e. The van der Waals surface area contributed by atoms with Gasteiger partial charge in [-0.2, -0.15) is 5.10 Å². The Labute approximate surface area is 141 Å². The number of hydroxylamine groups is 2. The van der Waals surface area contributed by atoms with E-state index in [1.165, 1.54) is 18.2 Å². The number of carbonyl (C=O) groups is 3. The third-order valence-electron chi connectivity index (χ3n) is 4.44. The Morgan fingerprint density at radius 3 is 2.52 bits per heavy atom. The fourth-order valence-electron chi connectivity index (χ4n) is 3.16. The summed E-state index contributed by atoms with van der Waals surface area (Å²) in [5, 5.41) is 6.84. The van der Waals surface area contributed by atoms with Crippen LogP contribution in [-0.4, -0.2) is 33.0 Å². The lowest BCUT2D eigenvalue weighted by molar-refractivity contribution is -0.174. The maximum Gasteiger partial charge on any atom is 0.336 e. The predicted octanol–water partition coefficient (Wildman–Crippen LogP) is 0.629. The topological polar surface area (TPSA) is 109 Å². The van der Waals surface area contributed by atoms with E-state index in [1.54, 1.807) is 12.1 Å². The molecule has 2 heterocycles. The van der Waals surface area contributed by atoms with E-state index < -0.39 is 23.7 Å². The van der Waals surface area contributed by atoms with E-state index in [4.69, 9.17) is 4.84 Å². The second-order valence-electron chi connectivity index (χ2n) is 6.00. The largest absolute Gasteiger partial charge is 0.336 e. The number of rotatable bonds is 2. The third kappa shape index (κ3) is 2.51. The fourth-order valence-corrected chi connectivity index (χ4v) is 3.16. The van der Waals surface area contributed by atoms with Gasteiger partial charge in [-0.1, -0.05) is 17.2 Å². The molecule has 0 fully saturated rings. The highest BCUT2D eigenvalue weighted by Crippen LogP contribution is 2.27. The van der Waals surface area contributed by atoms with E-state index in [-0.39, 0.29) is 23.1 Å². The van der Waals surface area contributed by atoms with Crippen LogP contribution >= 0.6 is 0 Å². The molecule has 2 aromatic rings. The number of nitrogens with one attached hydrogen (secondary N) is 1. The lowest BCUT2D eigenvalue weighted by atomic mass is 9.87. The number of fused-ring (bicyclic) bond motifs is 2. The molecule has 126 valence electrons. The number of amides is 2. The van der Waals surface area contributed by atoms with Crippen molar-refractivity contribution in [3.8, 4) is 0 Å². The van der Waals surface area contributed by atoms with Gasteiger partial charge >= 0.3 is 5.97 Å². The summed E-state index contributed by atoms with van der Waals surface area (Å²) < 4.78 is 0. The quantitative estimate of drug-likeness (QED) is 0.804. The molecule has 1 aliphatic carbocycles. The van der Waals surface area contributed by atoms with Crippen molar-refractivity contribution in [1.82, 2.24) is 15.3 Å². The maximum absolute atomic E-state index is 12.4. The Bertz CT molecular complexity index is 930. The number of aromatic amines is 1. The first-order valence-electron chi connectivity index (χ1n) is 7.81. The van der Waals surface area contributed by atoms with Crippen molar-refractivity contribution >= 4 is 17.8 Å². The zero-order chi connectivity index (χ0) is 17.6. The van der Waals surface area contributed by atoms with Gasteiger partial charge in [-0.05, 0) is 37.0 Å². The molecule has 2 amide bonds. The van der Waals surface area contributed by atoms with Gasteiger partial charge in [0.25, 0.3) is 17.4 Å². The molecule has 0 spiro atoms. The number of aromatic nitrogens is 2. The first-order valence-corrected chi connectivity index (χ1v) is 7.81. The van der Waals surface area contributed by atoms with Crippen LogP contribution in [0.15, 0.2) is 35.1 Å². The van der Waals surface area contributed by atoms with Crippen LogP contribution in [0.25, 0.3) is 0 Å². The first-order chi connectivity index (χ1) is 12.0. The van der Waals surface area contributed by atoms with Crippen LogP contribution in [0, 0.1) is 5.92 Å². The number of carbonyl (C=O) groups excluding carboxylic acids is 3. The van der Waals surface area contributed by atoms with Crippen molar-refractivity contribution in [3.05, 3.63) is 63.1 Å². The SMILES string of the molecule is O=C(ON1C(=O)c2ccccc2C1=O)C1CCc2n[nH]c(=O)cc2C1. The second kappa shape index (κ2) is 5.66. The van der Waals surface area contributed by atoms with Crippen molar-refractivity contribution < 1.29 is 19.2 Å². The number of imide groups is 1. The molecule has 25 heavy (non-hydrogen) atoms. The summed E-state index contributed by atoms with van der Waals surface area (Å²) in [6.45, 7) is 0. The van der Waals surface area contributed by atoms with E-state index in [0.717, 1.165) is 5.69 Å². The lowest BCUT2D eigenvalue weighted by Crippen LogP contribution is -2.37. The molecule has 0 saturated heterocycles. The van der Waals surface area contributed by atoms with Gasteiger partial charge in [0.1, 0.15) is 0 Å². The number of hydrogen-bond acceptors (Lipinski definition) is 6. The van der Waals surface area contributed by atoms with Crippen LogP contribution < -0.4 is 5.56 Å². The van der Waals surface area contributed by atoms with Gasteiger partial charge in [0.15, 0.2) is 0 Å². The van der Waals surface area contributed by atoms with E-state index >= 15 is 0 Å². The van der Waals surface area contributed by atoms with Crippen LogP contribution in [0.2, 0.25) is 0 Å². The van der Waals surface area contributed by atoms with E-state index in [2.05, 4.69) is 10.2 Å². The van der Waals surface area contributed by atoms with E-state index in [1.807, 2.05) is 0 Å². The first kappa shape index (κ1) is 15.3. The Morgan fingerprint density at radius 2 is 1.84 bits per heavy atom. The number of aryl methyl sites for hydroxylation is 1. The van der Waals surface area contributed by atoms with Crippen molar-refractivity contribution in [3.63, 3.8) is 0 Å². The maximum atomic E-state index is 12.4. The zero-order valence-corrected chi connectivity index (χ0v) is 13.0. The summed E-state index contributed by atoms with van der Waals surface area (Å²) in [6, 6.07) is 7.70. The summed E-state index contributed by atoms with van der Waals surface area (Å²) in [6.07, 6.45) is 1.26. The molecule has 0 radical (unpaired) electrons. The minimum atomic E-state index is -0.666. The highest BCUT2D eigenvalue weighted by Gasteiger charge is 2.40. The molecule has 1 aromatic carbocycles. The molecular weight excluding hydrogens is 326 g/mol. The molecule has 1 N–H and O–H groups in total.